The fraction of sp³-hybridized carbons (Fsp3) is 0.417. The summed E-state index contributed by atoms with van der Waals surface area (Å²) in [6.07, 6.45) is 1.16. The number of fused-ring (bicyclic) bond motifs is 1. The molecule has 0 spiro atoms. The number of carbonyl (C=O) groups is 2. The van der Waals surface area contributed by atoms with Gasteiger partial charge in [0.1, 0.15) is 0 Å². The molecule has 33 heavy (non-hydrogen) atoms. The van der Waals surface area contributed by atoms with E-state index in [0.717, 1.165) is 12.8 Å². The molecule has 8 nitrogen and oxygen atoms in total. The van der Waals surface area contributed by atoms with Gasteiger partial charge < -0.3 is 20.6 Å². The predicted molar refractivity (Wildman–Crippen MR) is 125 cm³/mol. The van der Waals surface area contributed by atoms with Crippen LogP contribution < -0.4 is 10.6 Å². The van der Waals surface area contributed by atoms with Gasteiger partial charge >= 0.3 is 0 Å². The molecule has 3 N–H and O–H groups in total. The maximum atomic E-state index is 12.6. The molecule has 2 amide bonds. The third-order valence-corrected chi connectivity index (χ3v) is 7.83. The molecule has 1 heterocycles. The Morgan fingerprint density at radius 3 is 2.12 bits per heavy atom. The lowest BCUT2D eigenvalue weighted by Gasteiger charge is -2.26. The van der Waals surface area contributed by atoms with Gasteiger partial charge in [-0.25, -0.2) is 8.42 Å². The Balaban J connectivity index is 1.20. The van der Waals surface area contributed by atoms with Crippen LogP contribution in [0.5, 0.6) is 0 Å². The molecule has 0 saturated carbocycles. The van der Waals surface area contributed by atoms with Crippen molar-refractivity contribution in [3.63, 3.8) is 0 Å². The molecule has 176 valence electrons. The summed E-state index contributed by atoms with van der Waals surface area (Å²) in [5, 5.41) is 16.3. The zero-order valence-corrected chi connectivity index (χ0v) is 19.2. The van der Waals surface area contributed by atoms with Crippen molar-refractivity contribution in [2.75, 3.05) is 37.7 Å². The van der Waals surface area contributed by atoms with Crippen LogP contribution in [0, 0.1) is 0 Å². The smallest absolute Gasteiger partial charge is 0.253 e. The molecule has 1 saturated heterocycles. The third kappa shape index (κ3) is 5.98. The summed E-state index contributed by atoms with van der Waals surface area (Å²) in [7, 11) is -3.06. The minimum absolute atomic E-state index is 0.0237. The summed E-state index contributed by atoms with van der Waals surface area (Å²) < 4.78 is 23.1. The van der Waals surface area contributed by atoms with Gasteiger partial charge in [0.15, 0.2) is 9.84 Å². The maximum absolute atomic E-state index is 12.6. The summed E-state index contributed by atoms with van der Waals surface area (Å²) in [5.74, 6) is -0.619. The summed E-state index contributed by atoms with van der Waals surface area (Å²) in [5.41, 5.74) is 3.47. The zero-order chi connectivity index (χ0) is 23.4. The maximum Gasteiger partial charge on any atom is 0.253 e. The molecular weight excluding hydrogens is 442 g/mol. The first-order valence-corrected chi connectivity index (χ1v) is 13.0. The fourth-order valence-electron chi connectivity index (χ4n) is 4.25. The molecule has 1 unspecified atom stereocenters. The number of benzene rings is 2. The van der Waals surface area contributed by atoms with E-state index < -0.39 is 15.9 Å². The van der Waals surface area contributed by atoms with Crippen molar-refractivity contribution in [1.82, 2.24) is 15.5 Å². The molecule has 0 aromatic heterocycles. The number of hydrogen-bond acceptors (Lipinski definition) is 6. The van der Waals surface area contributed by atoms with Gasteiger partial charge in [0.25, 0.3) is 11.8 Å². The highest BCUT2D eigenvalue weighted by Gasteiger charge is 2.26. The minimum atomic E-state index is -3.06. The fourth-order valence-corrected chi connectivity index (χ4v) is 5.45. The van der Waals surface area contributed by atoms with Gasteiger partial charge in [0.05, 0.1) is 17.6 Å². The highest BCUT2D eigenvalue weighted by Crippen LogP contribution is 2.21. The predicted octanol–water partition coefficient (Wildman–Crippen LogP) is 0.405. The monoisotopic (exact) mass is 471 g/mol. The van der Waals surface area contributed by atoms with Gasteiger partial charge in [0.2, 0.25) is 0 Å². The molecule has 0 radical (unpaired) electrons. The number of amides is 2. The number of carbonyl (C=O) groups excluding carboxylic acids is 2. The molecular formula is C24H29N3O5S. The van der Waals surface area contributed by atoms with Crippen LogP contribution in [0.4, 0.5) is 0 Å². The van der Waals surface area contributed by atoms with Gasteiger partial charge in [-0.3, -0.25) is 9.59 Å². The highest BCUT2D eigenvalue weighted by molar-refractivity contribution is 7.91. The Labute approximate surface area is 193 Å². The first-order valence-electron chi connectivity index (χ1n) is 11.2. The Morgan fingerprint density at radius 2 is 1.52 bits per heavy atom. The lowest BCUT2D eigenvalue weighted by Crippen LogP contribution is -2.43. The molecule has 0 bridgehead atoms. The molecule has 9 heteroatoms. The van der Waals surface area contributed by atoms with E-state index in [1.807, 2.05) is 12.1 Å². The van der Waals surface area contributed by atoms with Crippen LogP contribution in [0.25, 0.3) is 0 Å². The first kappa shape index (κ1) is 23.4. The molecule has 1 aliphatic carbocycles. The number of aliphatic hydroxyl groups excluding tert-OH is 1. The van der Waals surface area contributed by atoms with E-state index >= 15 is 0 Å². The van der Waals surface area contributed by atoms with Crippen LogP contribution in [0.1, 0.15) is 31.8 Å². The summed E-state index contributed by atoms with van der Waals surface area (Å²) in [6, 6.07) is 14.9. The number of aliphatic hydroxyl groups is 1. The van der Waals surface area contributed by atoms with Crippen molar-refractivity contribution >= 4 is 21.7 Å². The summed E-state index contributed by atoms with van der Waals surface area (Å²) >= 11 is 0. The van der Waals surface area contributed by atoms with Gasteiger partial charge in [0, 0.05) is 43.3 Å². The van der Waals surface area contributed by atoms with Gasteiger partial charge in [-0.2, -0.15) is 0 Å². The van der Waals surface area contributed by atoms with E-state index in [-0.39, 0.29) is 49.0 Å². The van der Waals surface area contributed by atoms with E-state index in [1.165, 1.54) is 16.0 Å². The van der Waals surface area contributed by atoms with Crippen LogP contribution in [0.3, 0.4) is 0 Å². The van der Waals surface area contributed by atoms with Crippen LogP contribution in [-0.4, -0.2) is 80.1 Å². The van der Waals surface area contributed by atoms with Gasteiger partial charge in [-0.05, 0) is 48.2 Å². The lowest BCUT2D eigenvalue weighted by molar-refractivity contribution is 0.0769. The number of nitrogens with one attached hydrogen (secondary N) is 2. The standard InChI is InChI=1S/C24H29N3O5S/c28-22(15-25-21-13-19-3-1-2-4-20(19)14-21)16-26-23(29)17-5-7-18(8-6-17)24(30)27-9-11-33(31,32)12-10-27/h1-8,21-22,25,28H,9-16H2,(H,26,29). The highest BCUT2D eigenvalue weighted by atomic mass is 32.2. The van der Waals surface area contributed by atoms with Crippen molar-refractivity contribution in [2.24, 2.45) is 0 Å². The molecule has 2 aromatic carbocycles. The minimum Gasteiger partial charge on any atom is -0.390 e. The number of nitrogens with zero attached hydrogens (tertiary/aromatic N) is 1. The molecule has 1 fully saturated rings. The van der Waals surface area contributed by atoms with E-state index in [0.29, 0.717) is 17.7 Å². The van der Waals surface area contributed by atoms with E-state index in [9.17, 15) is 23.1 Å². The van der Waals surface area contributed by atoms with Crippen molar-refractivity contribution in [1.29, 1.82) is 0 Å². The second-order valence-electron chi connectivity index (χ2n) is 8.67. The van der Waals surface area contributed by atoms with Gasteiger partial charge in [-0.1, -0.05) is 24.3 Å². The van der Waals surface area contributed by atoms with E-state index in [2.05, 4.69) is 22.8 Å². The largest absolute Gasteiger partial charge is 0.390 e. The van der Waals surface area contributed by atoms with Crippen LogP contribution >= 0.6 is 0 Å². The topological polar surface area (TPSA) is 116 Å². The Hall–Kier alpha value is -2.75. The molecule has 1 aliphatic heterocycles. The summed E-state index contributed by atoms with van der Waals surface area (Å²) in [6.45, 7) is 0.872. The number of sulfone groups is 1. The van der Waals surface area contributed by atoms with Crippen LogP contribution in [0.2, 0.25) is 0 Å². The Bertz CT molecular complexity index is 1080. The average Bonchev–Trinajstić information content (AvgIpc) is 3.24. The second kappa shape index (κ2) is 10.0. The molecule has 2 aromatic rings. The quantitative estimate of drug-likeness (QED) is 0.539. The Kier molecular flexibility index (Phi) is 7.11. The molecule has 1 atom stereocenters. The van der Waals surface area contributed by atoms with Crippen molar-refractivity contribution in [2.45, 2.75) is 25.0 Å². The van der Waals surface area contributed by atoms with Gasteiger partial charge in [-0.15, -0.1) is 0 Å². The van der Waals surface area contributed by atoms with Crippen LogP contribution in [0.15, 0.2) is 48.5 Å². The number of rotatable bonds is 7. The Morgan fingerprint density at radius 1 is 0.939 bits per heavy atom. The van der Waals surface area contributed by atoms with Crippen molar-refractivity contribution < 1.29 is 23.1 Å². The lowest BCUT2D eigenvalue weighted by atomic mass is 10.1. The average molecular weight is 472 g/mol. The van der Waals surface area contributed by atoms with Crippen LogP contribution in [-0.2, 0) is 22.7 Å². The molecule has 4 rings (SSSR count). The normalized spacial score (nSPS) is 18.5. The summed E-state index contributed by atoms with van der Waals surface area (Å²) in [4.78, 5) is 26.5. The van der Waals surface area contributed by atoms with E-state index in [4.69, 9.17) is 0 Å². The second-order valence-corrected chi connectivity index (χ2v) is 11.0. The van der Waals surface area contributed by atoms with Crippen molar-refractivity contribution in [3.05, 3.63) is 70.8 Å². The third-order valence-electron chi connectivity index (χ3n) is 6.22. The van der Waals surface area contributed by atoms with E-state index in [1.54, 1.807) is 24.3 Å². The SMILES string of the molecule is O=C(NCC(O)CNC1Cc2ccccc2C1)c1ccc(C(=O)N2CCS(=O)(=O)CC2)cc1. The first-order chi connectivity index (χ1) is 15.8. The number of hydrogen-bond donors (Lipinski definition) is 3. The molecule has 2 aliphatic rings. The zero-order valence-electron chi connectivity index (χ0n) is 18.4. The van der Waals surface area contributed by atoms with Crippen molar-refractivity contribution in [3.8, 4) is 0 Å².